The molecule has 7 nitrogen and oxygen atoms in total. The number of anilines is 1. The Bertz CT molecular complexity index is 852. The topological polar surface area (TPSA) is 70.3 Å². The average molecular weight is 338 g/mol. The Morgan fingerprint density at radius 2 is 1.72 bits per heavy atom. The molecule has 4 rings (SSSR count). The highest BCUT2D eigenvalue weighted by Gasteiger charge is 2.21. The molecule has 0 amide bonds. The average Bonchev–Trinajstić information content (AvgIpc) is 3.04. The molecule has 1 aromatic carbocycles. The van der Waals surface area contributed by atoms with E-state index in [1.54, 1.807) is 11.0 Å². The highest BCUT2D eigenvalue weighted by Crippen LogP contribution is 2.23. The summed E-state index contributed by atoms with van der Waals surface area (Å²) >= 11 is 0. The van der Waals surface area contributed by atoms with Crippen molar-refractivity contribution in [3.8, 4) is 0 Å². The van der Waals surface area contributed by atoms with E-state index in [1.807, 2.05) is 25.4 Å². The molecule has 2 aromatic heterocycles. The van der Waals surface area contributed by atoms with Crippen LogP contribution in [0.5, 0.6) is 0 Å². The van der Waals surface area contributed by atoms with Crippen molar-refractivity contribution < 1.29 is 5.11 Å². The number of aliphatic hydroxyl groups excluding tert-OH is 1. The summed E-state index contributed by atoms with van der Waals surface area (Å²) in [5.41, 5.74) is 3.11. The second kappa shape index (κ2) is 6.78. The lowest BCUT2D eigenvalue weighted by Gasteiger charge is -2.35. The molecule has 25 heavy (non-hydrogen) atoms. The third kappa shape index (κ3) is 3.20. The van der Waals surface area contributed by atoms with Gasteiger partial charge in [-0.25, -0.2) is 9.97 Å². The van der Waals surface area contributed by atoms with Gasteiger partial charge in [0.15, 0.2) is 5.65 Å². The van der Waals surface area contributed by atoms with Crippen LogP contribution in [0, 0.1) is 0 Å². The van der Waals surface area contributed by atoms with Crippen LogP contribution >= 0.6 is 0 Å². The minimum atomic E-state index is 0.0979. The number of aromatic nitrogens is 4. The molecule has 0 unspecified atom stereocenters. The lowest BCUT2D eigenvalue weighted by atomic mass is 10.1. The number of hydrogen-bond acceptors (Lipinski definition) is 6. The van der Waals surface area contributed by atoms with Crippen LogP contribution in [0.25, 0.3) is 11.0 Å². The zero-order chi connectivity index (χ0) is 17.2. The molecule has 1 N–H and O–H groups in total. The van der Waals surface area contributed by atoms with Gasteiger partial charge >= 0.3 is 0 Å². The van der Waals surface area contributed by atoms with E-state index in [2.05, 4.69) is 37.0 Å². The first kappa shape index (κ1) is 16.0. The number of rotatable bonds is 4. The Kier molecular flexibility index (Phi) is 4.33. The third-order valence-corrected chi connectivity index (χ3v) is 4.79. The van der Waals surface area contributed by atoms with Crippen molar-refractivity contribution in [2.45, 2.75) is 13.2 Å². The summed E-state index contributed by atoms with van der Waals surface area (Å²) in [5, 5.41) is 14.4. The molecule has 130 valence electrons. The normalized spacial score (nSPS) is 15.8. The van der Waals surface area contributed by atoms with Crippen LogP contribution in [0.3, 0.4) is 0 Å². The minimum absolute atomic E-state index is 0.0979. The molecule has 0 radical (unpaired) electrons. The van der Waals surface area contributed by atoms with Crippen molar-refractivity contribution in [3.05, 3.63) is 47.9 Å². The van der Waals surface area contributed by atoms with Gasteiger partial charge in [0.05, 0.1) is 18.2 Å². The molecule has 3 heterocycles. The number of piperazine rings is 1. The number of benzene rings is 1. The van der Waals surface area contributed by atoms with Gasteiger partial charge in [0, 0.05) is 39.8 Å². The molecule has 0 spiro atoms. The Morgan fingerprint density at radius 3 is 2.44 bits per heavy atom. The zero-order valence-corrected chi connectivity index (χ0v) is 14.3. The van der Waals surface area contributed by atoms with E-state index < -0.39 is 0 Å². The first-order valence-corrected chi connectivity index (χ1v) is 8.53. The predicted octanol–water partition coefficient (Wildman–Crippen LogP) is 1.18. The van der Waals surface area contributed by atoms with E-state index in [4.69, 9.17) is 5.11 Å². The monoisotopic (exact) mass is 338 g/mol. The maximum absolute atomic E-state index is 9.13. The molecule has 0 atom stereocenters. The first-order chi connectivity index (χ1) is 12.2. The van der Waals surface area contributed by atoms with Crippen molar-refractivity contribution in [2.24, 2.45) is 7.05 Å². The van der Waals surface area contributed by atoms with Crippen LogP contribution in [0.1, 0.15) is 11.1 Å². The summed E-state index contributed by atoms with van der Waals surface area (Å²) in [6, 6.07) is 8.18. The Morgan fingerprint density at radius 1 is 1.00 bits per heavy atom. The van der Waals surface area contributed by atoms with E-state index in [1.165, 1.54) is 5.56 Å². The second-order valence-corrected chi connectivity index (χ2v) is 6.44. The van der Waals surface area contributed by atoms with Gasteiger partial charge in [0.1, 0.15) is 12.1 Å². The highest BCUT2D eigenvalue weighted by atomic mass is 16.3. The Labute approximate surface area is 146 Å². The van der Waals surface area contributed by atoms with Crippen LogP contribution in [-0.4, -0.2) is 55.9 Å². The smallest absolute Gasteiger partial charge is 0.163 e. The minimum Gasteiger partial charge on any atom is -0.392 e. The fourth-order valence-corrected chi connectivity index (χ4v) is 3.33. The highest BCUT2D eigenvalue weighted by molar-refractivity contribution is 5.86. The van der Waals surface area contributed by atoms with Crippen LogP contribution in [0.4, 0.5) is 5.82 Å². The summed E-state index contributed by atoms with van der Waals surface area (Å²) in [6.07, 6.45) is 3.47. The zero-order valence-electron chi connectivity index (χ0n) is 14.3. The van der Waals surface area contributed by atoms with E-state index in [0.29, 0.717) is 0 Å². The lowest BCUT2D eigenvalue weighted by Crippen LogP contribution is -2.46. The summed E-state index contributed by atoms with van der Waals surface area (Å²) < 4.78 is 1.78. The van der Waals surface area contributed by atoms with Crippen molar-refractivity contribution in [1.29, 1.82) is 0 Å². The van der Waals surface area contributed by atoms with Gasteiger partial charge in [-0.05, 0) is 11.1 Å². The molecular weight excluding hydrogens is 316 g/mol. The summed E-state index contributed by atoms with van der Waals surface area (Å²) in [7, 11) is 1.90. The van der Waals surface area contributed by atoms with Crippen LogP contribution in [0.15, 0.2) is 36.8 Å². The molecule has 7 heteroatoms. The fourth-order valence-electron chi connectivity index (χ4n) is 3.33. The van der Waals surface area contributed by atoms with Crippen molar-refractivity contribution >= 4 is 16.9 Å². The molecule has 3 aromatic rings. The molecule has 0 bridgehead atoms. The molecule has 1 saturated heterocycles. The summed E-state index contributed by atoms with van der Waals surface area (Å²) in [4.78, 5) is 13.6. The van der Waals surface area contributed by atoms with Crippen LogP contribution < -0.4 is 4.90 Å². The maximum Gasteiger partial charge on any atom is 0.163 e. The molecule has 0 aliphatic carbocycles. The molecule has 1 fully saturated rings. The Hall–Kier alpha value is -2.51. The molecule has 1 aliphatic heterocycles. The van der Waals surface area contributed by atoms with Gasteiger partial charge < -0.3 is 10.0 Å². The first-order valence-electron chi connectivity index (χ1n) is 8.53. The predicted molar refractivity (Wildman–Crippen MR) is 96.2 cm³/mol. The number of aliphatic hydroxyl groups is 1. The van der Waals surface area contributed by atoms with Gasteiger partial charge in [-0.15, -0.1) is 0 Å². The van der Waals surface area contributed by atoms with Gasteiger partial charge in [-0.1, -0.05) is 24.3 Å². The van der Waals surface area contributed by atoms with Crippen molar-refractivity contribution in [3.63, 3.8) is 0 Å². The largest absolute Gasteiger partial charge is 0.392 e. The fraction of sp³-hybridized carbons (Fsp3) is 0.389. The second-order valence-electron chi connectivity index (χ2n) is 6.44. The van der Waals surface area contributed by atoms with Gasteiger partial charge in [0.2, 0.25) is 0 Å². The molecule has 0 saturated carbocycles. The van der Waals surface area contributed by atoms with Gasteiger partial charge in [-0.2, -0.15) is 5.10 Å². The van der Waals surface area contributed by atoms with Crippen LogP contribution in [-0.2, 0) is 20.2 Å². The van der Waals surface area contributed by atoms with E-state index in [9.17, 15) is 0 Å². The van der Waals surface area contributed by atoms with Crippen molar-refractivity contribution in [1.82, 2.24) is 24.6 Å². The van der Waals surface area contributed by atoms with Crippen molar-refractivity contribution in [2.75, 3.05) is 31.1 Å². The third-order valence-electron chi connectivity index (χ3n) is 4.79. The molecular formula is C18H22N6O. The molecule has 1 aliphatic rings. The SMILES string of the molecule is Cn1ncc2c(N3CCN(Cc4ccc(CO)cc4)CC3)ncnc21. The summed E-state index contributed by atoms with van der Waals surface area (Å²) in [6.45, 7) is 4.90. The lowest BCUT2D eigenvalue weighted by molar-refractivity contribution is 0.249. The number of nitrogens with zero attached hydrogens (tertiary/aromatic N) is 6. The number of hydrogen-bond donors (Lipinski definition) is 1. The maximum atomic E-state index is 9.13. The number of fused-ring (bicyclic) bond motifs is 1. The van der Waals surface area contributed by atoms with E-state index in [0.717, 1.165) is 55.1 Å². The summed E-state index contributed by atoms with van der Waals surface area (Å²) in [5.74, 6) is 0.977. The van der Waals surface area contributed by atoms with Gasteiger partial charge in [-0.3, -0.25) is 9.58 Å². The Balaban J connectivity index is 1.42. The van der Waals surface area contributed by atoms with E-state index >= 15 is 0 Å². The van der Waals surface area contributed by atoms with E-state index in [-0.39, 0.29) is 6.61 Å². The van der Waals surface area contributed by atoms with Crippen LogP contribution in [0.2, 0.25) is 0 Å². The number of aryl methyl sites for hydroxylation is 1. The quantitative estimate of drug-likeness (QED) is 0.770. The van der Waals surface area contributed by atoms with Gasteiger partial charge in [0.25, 0.3) is 0 Å². The standard InChI is InChI=1S/C18H22N6O/c1-22-17-16(10-21-22)18(20-13-19-17)24-8-6-23(7-9-24)11-14-2-4-15(12-25)5-3-14/h2-5,10,13,25H,6-9,11-12H2,1H3.